The number of para-hydroxylation sites is 1. The van der Waals surface area contributed by atoms with E-state index in [0.29, 0.717) is 16.3 Å². The molecule has 0 radical (unpaired) electrons. The van der Waals surface area contributed by atoms with E-state index in [1.165, 1.54) is 24.3 Å². The second-order valence-electron chi connectivity index (χ2n) is 6.86. The fraction of sp³-hybridized carbons (Fsp3) is 0.0435. The van der Waals surface area contributed by atoms with Crippen LogP contribution in [0.15, 0.2) is 88.5 Å². The van der Waals surface area contributed by atoms with Crippen LogP contribution in [0.2, 0.25) is 5.02 Å². The molecule has 0 atom stereocenters. The van der Waals surface area contributed by atoms with Crippen molar-refractivity contribution < 1.29 is 9.18 Å². The fourth-order valence-corrected chi connectivity index (χ4v) is 3.29. The monoisotopic (exact) mass is 450 g/mol. The van der Waals surface area contributed by atoms with Gasteiger partial charge in [-0.1, -0.05) is 41.9 Å². The van der Waals surface area contributed by atoms with Crippen LogP contribution in [0.3, 0.4) is 0 Å². The van der Waals surface area contributed by atoms with Crippen molar-refractivity contribution in [3.63, 3.8) is 0 Å². The summed E-state index contributed by atoms with van der Waals surface area (Å²) in [5.74, 6) is -1.30. The maximum absolute atomic E-state index is 13.2. The van der Waals surface area contributed by atoms with Gasteiger partial charge in [0.15, 0.2) is 0 Å². The predicted octanol–water partition coefficient (Wildman–Crippen LogP) is 3.49. The molecule has 0 unspecified atom stereocenters. The van der Waals surface area contributed by atoms with Crippen molar-refractivity contribution in [2.45, 2.75) is 6.54 Å². The van der Waals surface area contributed by atoms with Crippen LogP contribution in [0, 0.1) is 5.82 Å². The molecular weight excluding hydrogens is 435 g/mol. The van der Waals surface area contributed by atoms with Crippen molar-refractivity contribution in [1.29, 1.82) is 0 Å². The van der Waals surface area contributed by atoms with E-state index >= 15 is 0 Å². The Morgan fingerprint density at radius 3 is 2.38 bits per heavy atom. The molecule has 7 nitrogen and oxygen atoms in total. The van der Waals surface area contributed by atoms with Crippen molar-refractivity contribution in [3.05, 3.63) is 122 Å². The van der Waals surface area contributed by atoms with Gasteiger partial charge in [0, 0.05) is 10.7 Å². The number of hydrogen-bond acceptors (Lipinski definition) is 4. The van der Waals surface area contributed by atoms with Gasteiger partial charge in [-0.3, -0.25) is 14.2 Å². The van der Waals surface area contributed by atoms with Crippen molar-refractivity contribution in [2.75, 3.05) is 5.32 Å². The van der Waals surface area contributed by atoms with E-state index in [1.54, 1.807) is 54.6 Å². The second-order valence-corrected chi connectivity index (χ2v) is 7.30. The van der Waals surface area contributed by atoms with Gasteiger partial charge in [0.1, 0.15) is 5.82 Å². The highest BCUT2D eigenvalue weighted by Gasteiger charge is 2.21. The summed E-state index contributed by atoms with van der Waals surface area (Å²) in [6.45, 7) is -0.107. The summed E-state index contributed by atoms with van der Waals surface area (Å²) in [7, 11) is 0. The van der Waals surface area contributed by atoms with Crippen LogP contribution in [0.1, 0.15) is 16.1 Å². The van der Waals surface area contributed by atoms with Gasteiger partial charge in [0.2, 0.25) is 5.69 Å². The molecule has 1 N–H and O–H groups in total. The minimum Gasteiger partial charge on any atom is -0.320 e. The molecular formula is C23H16ClFN4O3. The van der Waals surface area contributed by atoms with Crippen LogP contribution < -0.4 is 16.6 Å². The quantitative estimate of drug-likeness (QED) is 0.504. The number of amides is 1. The average molecular weight is 451 g/mol. The summed E-state index contributed by atoms with van der Waals surface area (Å²) in [4.78, 5) is 39.0. The number of rotatable bonds is 5. The van der Waals surface area contributed by atoms with E-state index in [-0.39, 0.29) is 12.2 Å². The number of halogens is 2. The van der Waals surface area contributed by atoms with Crippen LogP contribution >= 0.6 is 11.6 Å². The minimum atomic E-state index is -0.859. The standard InChI is InChI=1S/C23H16ClFN4O3/c24-16-6-4-5-15(13-16)14-28-22(31)20(21(30)26-18-11-9-17(25)10-12-18)27-29(23(28)32)19-7-2-1-3-8-19/h1-13H,14H2,(H,26,30). The largest absolute Gasteiger partial charge is 0.352 e. The Hall–Kier alpha value is -4.04. The number of nitrogens with zero attached hydrogens (tertiary/aromatic N) is 3. The van der Waals surface area contributed by atoms with Crippen LogP contribution in [0.5, 0.6) is 0 Å². The lowest BCUT2D eigenvalue weighted by atomic mass is 10.2. The van der Waals surface area contributed by atoms with E-state index in [4.69, 9.17) is 11.6 Å². The Morgan fingerprint density at radius 1 is 0.969 bits per heavy atom. The van der Waals surface area contributed by atoms with Gasteiger partial charge in [0.25, 0.3) is 11.5 Å². The van der Waals surface area contributed by atoms with Crippen molar-refractivity contribution in [3.8, 4) is 5.69 Å². The van der Waals surface area contributed by atoms with Crippen molar-refractivity contribution >= 4 is 23.2 Å². The Kier molecular flexibility index (Phi) is 5.96. The average Bonchev–Trinajstić information content (AvgIpc) is 2.79. The number of carbonyl (C=O) groups is 1. The molecule has 0 aliphatic rings. The lowest BCUT2D eigenvalue weighted by molar-refractivity contribution is 0.101. The van der Waals surface area contributed by atoms with Gasteiger partial charge in [0.05, 0.1) is 12.2 Å². The zero-order chi connectivity index (χ0) is 22.7. The molecule has 4 rings (SSSR count). The highest BCUT2D eigenvalue weighted by atomic mass is 35.5. The fourth-order valence-electron chi connectivity index (χ4n) is 3.08. The smallest absolute Gasteiger partial charge is 0.320 e. The first-order chi connectivity index (χ1) is 15.4. The highest BCUT2D eigenvalue weighted by Crippen LogP contribution is 2.12. The Morgan fingerprint density at radius 2 is 1.69 bits per heavy atom. The molecule has 0 aliphatic heterocycles. The summed E-state index contributed by atoms with van der Waals surface area (Å²) in [6, 6.07) is 20.2. The molecule has 160 valence electrons. The molecule has 1 heterocycles. The van der Waals surface area contributed by atoms with Gasteiger partial charge in [-0.2, -0.15) is 9.78 Å². The molecule has 0 bridgehead atoms. The van der Waals surface area contributed by atoms with Crippen molar-refractivity contribution in [2.24, 2.45) is 0 Å². The lowest BCUT2D eigenvalue weighted by Crippen LogP contribution is -2.45. The number of aromatic nitrogens is 3. The minimum absolute atomic E-state index is 0.107. The topological polar surface area (TPSA) is 86.0 Å². The lowest BCUT2D eigenvalue weighted by Gasteiger charge is -2.12. The van der Waals surface area contributed by atoms with E-state index in [0.717, 1.165) is 9.25 Å². The van der Waals surface area contributed by atoms with Gasteiger partial charge in [-0.25, -0.2) is 9.18 Å². The van der Waals surface area contributed by atoms with Crippen LogP contribution in [-0.4, -0.2) is 20.3 Å². The predicted molar refractivity (Wildman–Crippen MR) is 119 cm³/mol. The molecule has 3 aromatic carbocycles. The molecule has 0 fully saturated rings. The molecule has 0 spiro atoms. The van der Waals surface area contributed by atoms with Crippen LogP contribution in [0.25, 0.3) is 5.69 Å². The van der Waals surface area contributed by atoms with Gasteiger partial charge < -0.3 is 5.32 Å². The third kappa shape index (κ3) is 4.50. The molecule has 1 amide bonds. The van der Waals surface area contributed by atoms with Crippen molar-refractivity contribution in [1.82, 2.24) is 14.3 Å². The molecule has 4 aromatic rings. The molecule has 9 heteroatoms. The molecule has 32 heavy (non-hydrogen) atoms. The number of hydrogen-bond donors (Lipinski definition) is 1. The summed E-state index contributed by atoms with van der Waals surface area (Å²) in [5.41, 5.74) is -0.793. The first kappa shape index (κ1) is 21.2. The first-order valence-electron chi connectivity index (χ1n) is 9.53. The Balaban J connectivity index is 1.83. The number of nitrogens with one attached hydrogen (secondary N) is 1. The molecule has 0 saturated heterocycles. The Bertz CT molecular complexity index is 1400. The Labute approximate surface area is 186 Å². The zero-order valence-electron chi connectivity index (χ0n) is 16.5. The normalized spacial score (nSPS) is 10.7. The van der Waals surface area contributed by atoms with Gasteiger partial charge in [-0.15, -0.1) is 0 Å². The third-order valence-corrected chi connectivity index (χ3v) is 4.84. The van der Waals surface area contributed by atoms with Gasteiger partial charge >= 0.3 is 5.69 Å². The third-order valence-electron chi connectivity index (χ3n) is 4.61. The molecule has 0 aliphatic carbocycles. The number of anilines is 1. The molecule has 0 saturated carbocycles. The second kappa shape index (κ2) is 8.99. The summed E-state index contributed by atoms with van der Waals surface area (Å²) >= 11 is 6.03. The summed E-state index contributed by atoms with van der Waals surface area (Å²) in [6.07, 6.45) is 0. The molecule has 1 aromatic heterocycles. The summed E-state index contributed by atoms with van der Waals surface area (Å²) in [5, 5.41) is 6.99. The van der Waals surface area contributed by atoms with E-state index in [1.807, 2.05) is 0 Å². The van der Waals surface area contributed by atoms with Gasteiger partial charge in [-0.05, 0) is 54.1 Å². The van der Waals surface area contributed by atoms with Crippen LogP contribution in [-0.2, 0) is 6.54 Å². The van der Waals surface area contributed by atoms with Crippen LogP contribution in [0.4, 0.5) is 10.1 Å². The zero-order valence-corrected chi connectivity index (χ0v) is 17.3. The van der Waals surface area contributed by atoms with E-state index in [2.05, 4.69) is 10.4 Å². The highest BCUT2D eigenvalue weighted by molar-refractivity contribution is 6.30. The summed E-state index contributed by atoms with van der Waals surface area (Å²) < 4.78 is 15.1. The van der Waals surface area contributed by atoms with E-state index in [9.17, 15) is 18.8 Å². The number of carbonyl (C=O) groups excluding carboxylic acids is 1. The first-order valence-corrected chi connectivity index (χ1v) is 9.91. The maximum atomic E-state index is 13.2. The van der Waals surface area contributed by atoms with E-state index < -0.39 is 28.7 Å². The SMILES string of the molecule is O=C(Nc1ccc(F)cc1)c1nn(-c2ccccc2)c(=O)n(Cc2cccc(Cl)c2)c1=O. The number of benzene rings is 3. The maximum Gasteiger partial charge on any atom is 0.352 e.